The van der Waals surface area contributed by atoms with Crippen molar-refractivity contribution in [1.29, 1.82) is 0 Å². The molecule has 21 heavy (non-hydrogen) atoms. The van der Waals surface area contributed by atoms with Crippen LogP contribution in [0, 0.1) is 0 Å². The van der Waals surface area contributed by atoms with Gasteiger partial charge in [0, 0.05) is 25.9 Å². The van der Waals surface area contributed by atoms with Gasteiger partial charge < -0.3 is 14.8 Å². The Labute approximate surface area is 139 Å². The van der Waals surface area contributed by atoms with Crippen molar-refractivity contribution in [2.75, 3.05) is 25.1 Å². The van der Waals surface area contributed by atoms with Gasteiger partial charge in [0.1, 0.15) is 0 Å². The van der Waals surface area contributed by atoms with Crippen LogP contribution < -0.4 is 5.32 Å². The van der Waals surface area contributed by atoms with Crippen molar-refractivity contribution in [1.82, 2.24) is 0 Å². The van der Waals surface area contributed by atoms with E-state index in [2.05, 4.69) is 5.32 Å². The molecule has 3 nitrogen and oxygen atoms in total. The fraction of sp³-hybridized carbons (Fsp3) is 0.600. The van der Waals surface area contributed by atoms with E-state index >= 15 is 0 Å². The van der Waals surface area contributed by atoms with Crippen LogP contribution >= 0.6 is 34.8 Å². The van der Waals surface area contributed by atoms with E-state index in [0.29, 0.717) is 21.1 Å². The van der Waals surface area contributed by atoms with Crippen LogP contribution in [0.1, 0.15) is 25.7 Å². The second kappa shape index (κ2) is 6.51. The minimum atomic E-state index is -0.0448. The highest BCUT2D eigenvalue weighted by molar-refractivity contribution is 6.44. The van der Waals surface area contributed by atoms with E-state index in [1.165, 1.54) is 0 Å². The summed E-state index contributed by atoms with van der Waals surface area (Å²) in [6, 6.07) is 3.79. The average Bonchev–Trinajstić information content (AvgIpc) is 2.46. The quantitative estimate of drug-likeness (QED) is 0.778. The molecule has 2 aliphatic rings. The molecule has 2 fully saturated rings. The van der Waals surface area contributed by atoms with Crippen molar-refractivity contribution in [3.63, 3.8) is 0 Å². The van der Waals surface area contributed by atoms with E-state index in [1.54, 1.807) is 12.1 Å². The molecule has 3 rings (SSSR count). The van der Waals surface area contributed by atoms with Crippen molar-refractivity contribution in [2.45, 2.75) is 37.3 Å². The van der Waals surface area contributed by atoms with Gasteiger partial charge in [-0.15, -0.1) is 0 Å². The Morgan fingerprint density at radius 1 is 1.00 bits per heavy atom. The Bertz CT molecular complexity index is 512. The van der Waals surface area contributed by atoms with E-state index in [-0.39, 0.29) is 5.60 Å². The van der Waals surface area contributed by atoms with Crippen molar-refractivity contribution >= 4 is 40.5 Å². The maximum Gasteiger partial charge on any atom is 0.0745 e. The molecule has 0 amide bonds. The number of halogens is 3. The van der Waals surface area contributed by atoms with Crippen LogP contribution in [-0.4, -0.2) is 31.5 Å². The third-order valence-electron chi connectivity index (χ3n) is 4.27. The molecule has 0 saturated carbocycles. The Hall–Kier alpha value is -0.190. The van der Waals surface area contributed by atoms with Gasteiger partial charge in [-0.3, -0.25) is 0 Å². The fourth-order valence-corrected chi connectivity index (χ4v) is 3.70. The van der Waals surface area contributed by atoms with E-state index in [4.69, 9.17) is 44.3 Å². The van der Waals surface area contributed by atoms with E-state index in [1.807, 2.05) is 0 Å². The maximum atomic E-state index is 6.24. The first-order valence-corrected chi connectivity index (χ1v) is 8.34. The summed E-state index contributed by atoms with van der Waals surface area (Å²) in [6.07, 6.45) is 3.84. The van der Waals surface area contributed by atoms with Gasteiger partial charge >= 0.3 is 0 Å². The minimum Gasteiger partial charge on any atom is -0.381 e. The molecular weight excluding hydrogens is 333 g/mol. The van der Waals surface area contributed by atoms with Crippen LogP contribution in [0.5, 0.6) is 0 Å². The van der Waals surface area contributed by atoms with Crippen LogP contribution in [0.3, 0.4) is 0 Å². The summed E-state index contributed by atoms with van der Waals surface area (Å²) in [5, 5.41) is 5.07. The number of anilines is 1. The van der Waals surface area contributed by atoms with Crippen LogP contribution in [0.15, 0.2) is 12.1 Å². The Balaban J connectivity index is 1.71. The Kier molecular flexibility index (Phi) is 4.87. The first-order valence-electron chi connectivity index (χ1n) is 7.21. The zero-order valence-corrected chi connectivity index (χ0v) is 13.9. The zero-order chi connectivity index (χ0) is 14.9. The Morgan fingerprint density at radius 2 is 1.71 bits per heavy atom. The molecule has 1 aromatic carbocycles. The number of benzene rings is 1. The molecular formula is C15H18Cl3NO2. The second-order valence-electron chi connectivity index (χ2n) is 5.72. The number of nitrogens with one attached hydrogen (secondary N) is 1. The second-order valence-corrected chi connectivity index (χ2v) is 6.95. The predicted octanol–water partition coefficient (Wildman–Crippen LogP) is 4.79. The smallest absolute Gasteiger partial charge is 0.0745 e. The zero-order valence-electron chi connectivity index (χ0n) is 11.6. The molecule has 0 aliphatic carbocycles. The molecule has 0 bridgehead atoms. The summed E-state index contributed by atoms with van der Waals surface area (Å²) < 4.78 is 11.5. The predicted molar refractivity (Wildman–Crippen MR) is 86.9 cm³/mol. The molecule has 1 N–H and O–H groups in total. The molecule has 116 valence electrons. The van der Waals surface area contributed by atoms with E-state index in [9.17, 15) is 0 Å². The lowest BCUT2D eigenvalue weighted by Gasteiger charge is -2.43. The number of rotatable bonds is 2. The monoisotopic (exact) mass is 349 g/mol. The lowest BCUT2D eigenvalue weighted by molar-refractivity contribution is -0.135. The molecule has 6 heteroatoms. The number of ether oxygens (including phenoxy) is 2. The van der Waals surface area contributed by atoms with Gasteiger partial charge in [-0.2, -0.15) is 0 Å². The van der Waals surface area contributed by atoms with Gasteiger partial charge in [-0.05, 0) is 37.8 Å². The third-order valence-corrected chi connectivity index (χ3v) is 5.30. The van der Waals surface area contributed by atoms with Crippen LogP contribution in [0.2, 0.25) is 15.1 Å². The summed E-state index contributed by atoms with van der Waals surface area (Å²) >= 11 is 18.3. The maximum absolute atomic E-state index is 6.24. The molecule has 1 spiro atoms. The van der Waals surface area contributed by atoms with Crippen LogP contribution in [-0.2, 0) is 9.47 Å². The molecule has 0 aromatic heterocycles. The number of hydrogen-bond acceptors (Lipinski definition) is 3. The molecule has 2 heterocycles. The highest BCUT2D eigenvalue weighted by atomic mass is 35.5. The highest BCUT2D eigenvalue weighted by Gasteiger charge is 2.39. The highest BCUT2D eigenvalue weighted by Crippen LogP contribution is 2.37. The van der Waals surface area contributed by atoms with Gasteiger partial charge in [0.2, 0.25) is 0 Å². The van der Waals surface area contributed by atoms with Gasteiger partial charge in [-0.25, -0.2) is 0 Å². The van der Waals surface area contributed by atoms with Crippen LogP contribution in [0.25, 0.3) is 0 Å². The van der Waals surface area contributed by atoms with Gasteiger partial charge in [0.25, 0.3) is 0 Å². The normalized spacial score (nSPS) is 25.0. The fourth-order valence-electron chi connectivity index (χ4n) is 3.10. The molecule has 0 radical (unpaired) electrons. The van der Waals surface area contributed by atoms with Gasteiger partial charge in [-0.1, -0.05) is 34.8 Å². The van der Waals surface area contributed by atoms with Gasteiger partial charge in [0.05, 0.1) is 26.4 Å². The molecule has 2 saturated heterocycles. The summed E-state index contributed by atoms with van der Waals surface area (Å²) in [6.45, 7) is 2.32. The van der Waals surface area contributed by atoms with Crippen molar-refractivity contribution in [3.8, 4) is 0 Å². The first-order chi connectivity index (χ1) is 10.1. The largest absolute Gasteiger partial charge is 0.381 e. The lowest BCUT2D eigenvalue weighted by Crippen LogP contribution is -2.47. The van der Waals surface area contributed by atoms with Crippen molar-refractivity contribution in [2.24, 2.45) is 0 Å². The molecule has 1 unspecified atom stereocenters. The van der Waals surface area contributed by atoms with Gasteiger partial charge in [0.15, 0.2) is 0 Å². The Morgan fingerprint density at radius 3 is 2.48 bits per heavy atom. The summed E-state index contributed by atoms with van der Waals surface area (Å²) in [4.78, 5) is 0. The summed E-state index contributed by atoms with van der Waals surface area (Å²) in [5.74, 6) is 0. The van der Waals surface area contributed by atoms with Crippen molar-refractivity contribution < 1.29 is 9.47 Å². The van der Waals surface area contributed by atoms with Crippen molar-refractivity contribution in [3.05, 3.63) is 27.2 Å². The molecule has 1 aromatic rings. The average molecular weight is 351 g/mol. The van der Waals surface area contributed by atoms with Crippen LogP contribution in [0.4, 0.5) is 5.69 Å². The lowest BCUT2D eigenvalue weighted by atomic mass is 9.84. The first kappa shape index (κ1) is 15.7. The molecule has 2 aliphatic heterocycles. The summed E-state index contributed by atoms with van der Waals surface area (Å²) in [7, 11) is 0. The molecule has 1 atom stereocenters. The minimum absolute atomic E-state index is 0.0448. The third kappa shape index (κ3) is 3.59. The SMILES string of the molecule is Clc1cc(Cl)c(NC2CCOC3(CCOCC3)C2)cc1Cl. The standard InChI is InChI=1S/C15H18Cl3NO2/c16-11-7-13(18)14(8-12(11)17)19-10-1-4-21-15(9-10)2-5-20-6-3-15/h7-8,10,19H,1-6,9H2. The topological polar surface area (TPSA) is 30.5 Å². The summed E-state index contributed by atoms with van der Waals surface area (Å²) in [5.41, 5.74) is 0.789. The van der Waals surface area contributed by atoms with E-state index < -0.39 is 0 Å². The number of hydrogen-bond donors (Lipinski definition) is 1. The van der Waals surface area contributed by atoms with E-state index in [0.717, 1.165) is 51.2 Å².